The lowest BCUT2D eigenvalue weighted by atomic mass is 9.70. The van der Waals surface area contributed by atoms with Gasteiger partial charge in [0.15, 0.2) is 5.58 Å². The van der Waals surface area contributed by atoms with Gasteiger partial charge in [-0.05, 0) is 86.0 Å². The summed E-state index contributed by atoms with van der Waals surface area (Å²) in [5, 5.41) is 0. The monoisotopic (exact) mass is 509 g/mol. The third kappa shape index (κ3) is 2.75. The van der Waals surface area contributed by atoms with E-state index in [0.29, 0.717) is 5.89 Å². The molecule has 0 N–H and O–H groups in total. The van der Waals surface area contributed by atoms with Crippen LogP contribution < -0.4 is 0 Å². The van der Waals surface area contributed by atoms with Gasteiger partial charge in [-0.2, -0.15) is 0 Å². The predicted molar refractivity (Wildman–Crippen MR) is 161 cm³/mol. The number of hydrogen-bond donors (Lipinski definition) is 0. The first kappa shape index (κ1) is 21.7. The summed E-state index contributed by atoms with van der Waals surface area (Å²) in [4.78, 5) is 4.68. The fourth-order valence-electron chi connectivity index (χ4n) is 7.08. The molecule has 2 aliphatic carbocycles. The minimum Gasteiger partial charge on any atom is -0.436 e. The summed E-state index contributed by atoms with van der Waals surface area (Å²) in [6.45, 7) is 0. The van der Waals surface area contributed by atoms with Crippen LogP contribution in [-0.4, -0.2) is 4.98 Å². The zero-order chi connectivity index (χ0) is 26.3. The van der Waals surface area contributed by atoms with Crippen molar-refractivity contribution < 1.29 is 4.42 Å². The first-order valence-corrected chi connectivity index (χ1v) is 13.7. The minimum atomic E-state index is -0.326. The van der Waals surface area contributed by atoms with Gasteiger partial charge >= 0.3 is 0 Å². The van der Waals surface area contributed by atoms with Crippen LogP contribution >= 0.6 is 0 Å². The fraction of sp³-hybridized carbons (Fsp3) is 0.0263. The number of fused-ring (bicyclic) bond motifs is 11. The van der Waals surface area contributed by atoms with E-state index in [1.165, 1.54) is 55.6 Å². The topological polar surface area (TPSA) is 26.0 Å². The maximum absolute atomic E-state index is 6.01. The highest BCUT2D eigenvalue weighted by Crippen LogP contribution is 2.62. The van der Waals surface area contributed by atoms with E-state index in [9.17, 15) is 0 Å². The molecule has 0 atom stereocenters. The van der Waals surface area contributed by atoms with E-state index in [2.05, 4.69) is 120 Å². The molecule has 0 aliphatic heterocycles. The third-order valence-electron chi connectivity index (χ3n) is 8.76. The van der Waals surface area contributed by atoms with Gasteiger partial charge in [0.25, 0.3) is 0 Å². The van der Waals surface area contributed by atoms with Crippen molar-refractivity contribution in [2.24, 2.45) is 0 Å². The molecule has 40 heavy (non-hydrogen) atoms. The van der Waals surface area contributed by atoms with Gasteiger partial charge in [-0.1, -0.05) is 109 Å². The van der Waals surface area contributed by atoms with Crippen molar-refractivity contribution in [3.8, 4) is 44.8 Å². The average Bonchev–Trinajstić information content (AvgIpc) is 3.68. The Morgan fingerprint density at radius 1 is 0.425 bits per heavy atom. The first-order chi connectivity index (χ1) is 19.8. The Hall–Kier alpha value is -5.21. The molecule has 0 bridgehead atoms. The van der Waals surface area contributed by atoms with Crippen LogP contribution in [0.5, 0.6) is 0 Å². The highest BCUT2D eigenvalue weighted by Gasteiger charge is 2.51. The normalized spacial score (nSPS) is 13.7. The van der Waals surface area contributed by atoms with Crippen LogP contribution in [0.25, 0.3) is 55.9 Å². The van der Waals surface area contributed by atoms with Crippen molar-refractivity contribution in [1.82, 2.24) is 4.98 Å². The average molecular weight is 510 g/mol. The summed E-state index contributed by atoms with van der Waals surface area (Å²) in [5.41, 5.74) is 15.5. The fourth-order valence-corrected chi connectivity index (χ4v) is 7.08. The Labute approximate surface area is 232 Å². The molecule has 186 valence electrons. The molecule has 2 aliphatic rings. The molecule has 9 rings (SSSR count). The highest BCUT2D eigenvalue weighted by atomic mass is 16.3. The van der Waals surface area contributed by atoms with Gasteiger partial charge in [0.2, 0.25) is 5.89 Å². The van der Waals surface area contributed by atoms with Crippen molar-refractivity contribution >= 4 is 11.1 Å². The van der Waals surface area contributed by atoms with E-state index in [0.717, 1.165) is 16.7 Å². The molecule has 0 saturated heterocycles. The Morgan fingerprint density at radius 3 is 1.55 bits per heavy atom. The maximum Gasteiger partial charge on any atom is 0.227 e. The second-order valence-electron chi connectivity index (χ2n) is 10.7. The Bertz CT molecular complexity index is 2020. The summed E-state index contributed by atoms with van der Waals surface area (Å²) in [7, 11) is 0. The second-order valence-corrected chi connectivity index (χ2v) is 10.7. The SMILES string of the molecule is c1ccc2c(c1)-c1ccccc1C21c2ccccc2-c2ccc(-c3ccc(-c4nc5ccccc5o4)cc3)cc21. The van der Waals surface area contributed by atoms with Gasteiger partial charge in [0.05, 0.1) is 5.41 Å². The van der Waals surface area contributed by atoms with Crippen LogP contribution in [0, 0.1) is 0 Å². The Balaban J connectivity index is 1.23. The van der Waals surface area contributed by atoms with Gasteiger partial charge in [0, 0.05) is 5.56 Å². The Morgan fingerprint density at radius 2 is 0.925 bits per heavy atom. The molecule has 0 amide bonds. The van der Waals surface area contributed by atoms with Crippen LogP contribution in [0.2, 0.25) is 0 Å². The molecule has 0 saturated carbocycles. The maximum atomic E-state index is 6.01. The minimum absolute atomic E-state index is 0.326. The number of para-hydroxylation sites is 2. The molecule has 0 fully saturated rings. The van der Waals surface area contributed by atoms with Gasteiger partial charge < -0.3 is 4.42 Å². The zero-order valence-electron chi connectivity index (χ0n) is 21.6. The number of hydrogen-bond acceptors (Lipinski definition) is 2. The van der Waals surface area contributed by atoms with Crippen LogP contribution in [-0.2, 0) is 5.41 Å². The lowest BCUT2D eigenvalue weighted by molar-refractivity contribution is 0.620. The number of rotatable bonds is 2. The first-order valence-electron chi connectivity index (χ1n) is 13.7. The summed E-state index contributed by atoms with van der Waals surface area (Å²) in [5.74, 6) is 0.648. The van der Waals surface area contributed by atoms with Crippen LogP contribution in [0.4, 0.5) is 0 Å². The molecular weight excluding hydrogens is 486 g/mol. The second kappa shape index (κ2) is 7.91. The standard InChI is InChI=1S/C38H23NO/c1-4-12-31-27(9-1)28-10-2-5-13-32(28)38(31)33-14-6-3-11-29(33)30-22-21-26(23-34(30)38)24-17-19-25(20-18-24)37-39-35-15-7-8-16-36(35)40-37/h1-23H. The summed E-state index contributed by atoms with van der Waals surface area (Å²) in [6, 6.07) is 50.3. The Kier molecular flexibility index (Phi) is 4.29. The molecule has 7 aromatic rings. The zero-order valence-corrected chi connectivity index (χ0v) is 21.6. The van der Waals surface area contributed by atoms with E-state index < -0.39 is 0 Å². The van der Waals surface area contributed by atoms with Crippen molar-refractivity contribution in [1.29, 1.82) is 0 Å². The molecule has 2 heteroatoms. The summed E-state index contributed by atoms with van der Waals surface area (Å²) >= 11 is 0. The quantitative estimate of drug-likeness (QED) is 0.232. The third-order valence-corrected chi connectivity index (χ3v) is 8.76. The van der Waals surface area contributed by atoms with E-state index >= 15 is 0 Å². The molecule has 0 unspecified atom stereocenters. The number of oxazole rings is 1. The lowest BCUT2D eigenvalue weighted by Gasteiger charge is -2.30. The van der Waals surface area contributed by atoms with E-state index in [4.69, 9.17) is 4.42 Å². The summed E-state index contributed by atoms with van der Waals surface area (Å²) < 4.78 is 6.01. The largest absolute Gasteiger partial charge is 0.436 e. The number of benzene rings is 6. The number of aromatic nitrogens is 1. The van der Waals surface area contributed by atoms with Crippen LogP contribution in [0.1, 0.15) is 22.3 Å². The highest BCUT2D eigenvalue weighted by molar-refractivity contribution is 5.95. The molecule has 6 aromatic carbocycles. The van der Waals surface area contributed by atoms with Gasteiger partial charge in [-0.3, -0.25) is 0 Å². The smallest absolute Gasteiger partial charge is 0.227 e. The van der Waals surface area contributed by atoms with E-state index in [-0.39, 0.29) is 5.41 Å². The molecule has 1 spiro atoms. The van der Waals surface area contributed by atoms with Crippen molar-refractivity contribution in [2.75, 3.05) is 0 Å². The molecule has 1 aromatic heterocycles. The van der Waals surface area contributed by atoms with Crippen LogP contribution in [0.15, 0.2) is 144 Å². The van der Waals surface area contributed by atoms with Crippen molar-refractivity contribution in [3.05, 3.63) is 162 Å². The predicted octanol–water partition coefficient (Wildman–Crippen LogP) is 9.51. The van der Waals surface area contributed by atoms with Gasteiger partial charge in [-0.25, -0.2) is 4.98 Å². The van der Waals surface area contributed by atoms with Crippen molar-refractivity contribution in [2.45, 2.75) is 5.41 Å². The van der Waals surface area contributed by atoms with Gasteiger partial charge in [-0.15, -0.1) is 0 Å². The van der Waals surface area contributed by atoms with Crippen LogP contribution in [0.3, 0.4) is 0 Å². The molecule has 2 nitrogen and oxygen atoms in total. The summed E-state index contributed by atoms with van der Waals surface area (Å²) in [6.07, 6.45) is 0. The lowest BCUT2D eigenvalue weighted by Crippen LogP contribution is -2.25. The van der Waals surface area contributed by atoms with E-state index in [1.54, 1.807) is 0 Å². The van der Waals surface area contributed by atoms with Gasteiger partial charge in [0.1, 0.15) is 5.52 Å². The van der Waals surface area contributed by atoms with E-state index in [1.807, 2.05) is 24.3 Å². The molecular formula is C38H23NO. The number of nitrogens with zero attached hydrogens (tertiary/aromatic N) is 1. The molecule has 0 radical (unpaired) electrons. The van der Waals surface area contributed by atoms with Crippen molar-refractivity contribution in [3.63, 3.8) is 0 Å². The molecule has 1 heterocycles.